The lowest BCUT2D eigenvalue weighted by atomic mass is 10.3. The van der Waals surface area contributed by atoms with Crippen molar-refractivity contribution in [2.75, 3.05) is 0 Å². The van der Waals surface area contributed by atoms with Gasteiger partial charge in [0.25, 0.3) is 0 Å². The first-order valence-electron chi connectivity index (χ1n) is 3.61. The van der Waals surface area contributed by atoms with E-state index in [2.05, 4.69) is 16.8 Å². The van der Waals surface area contributed by atoms with E-state index in [0.29, 0.717) is 5.82 Å². The molecule has 1 aliphatic rings. The lowest BCUT2D eigenvalue weighted by Crippen LogP contribution is -2.19. The molecule has 0 spiro atoms. The van der Waals surface area contributed by atoms with Crippen LogP contribution in [0.1, 0.15) is 6.92 Å². The molecule has 1 heterocycles. The number of hydrogen-bond donors (Lipinski definition) is 1. The molecule has 0 aromatic heterocycles. The van der Waals surface area contributed by atoms with Crippen molar-refractivity contribution >= 4 is 18.4 Å². The second kappa shape index (κ2) is 3.66. The first-order valence-corrected chi connectivity index (χ1v) is 3.61. The molecule has 68 valence electrons. The van der Waals surface area contributed by atoms with Crippen LogP contribution in [-0.2, 0) is 4.79 Å². The van der Waals surface area contributed by atoms with Crippen molar-refractivity contribution in [3.05, 3.63) is 24.2 Å². The quantitative estimate of drug-likeness (QED) is 0.638. The summed E-state index contributed by atoms with van der Waals surface area (Å²) in [4.78, 5) is 14.4. The number of carbonyl (C=O) groups is 1. The van der Waals surface area contributed by atoms with Crippen molar-refractivity contribution in [2.24, 2.45) is 10.1 Å². The van der Waals surface area contributed by atoms with Crippen LogP contribution in [0.4, 0.5) is 0 Å². The minimum absolute atomic E-state index is 0.00648. The molecule has 13 heavy (non-hydrogen) atoms. The number of nitrogens with zero attached hydrogens (tertiary/aromatic N) is 3. The van der Waals surface area contributed by atoms with E-state index in [1.807, 2.05) is 0 Å². The molecule has 0 aliphatic carbocycles. The fourth-order valence-corrected chi connectivity index (χ4v) is 0.865. The van der Waals surface area contributed by atoms with Gasteiger partial charge in [-0.15, -0.1) is 0 Å². The van der Waals surface area contributed by atoms with E-state index in [1.165, 1.54) is 17.3 Å². The highest BCUT2D eigenvalue weighted by molar-refractivity contribution is 6.40. The molecule has 0 saturated carbocycles. The van der Waals surface area contributed by atoms with Gasteiger partial charge in [-0.2, -0.15) is 5.10 Å². The zero-order chi connectivity index (χ0) is 9.84. The van der Waals surface area contributed by atoms with Gasteiger partial charge in [0, 0.05) is 12.9 Å². The van der Waals surface area contributed by atoms with Crippen LogP contribution in [0.3, 0.4) is 0 Å². The molecule has 1 aliphatic heterocycles. The van der Waals surface area contributed by atoms with Crippen molar-refractivity contribution < 1.29 is 9.90 Å². The second-order valence-corrected chi connectivity index (χ2v) is 2.25. The topological polar surface area (TPSA) is 65.3 Å². The number of carboxylic acids is 1. The maximum Gasteiger partial charge on any atom is 0.354 e. The molecule has 5 heteroatoms. The molecule has 0 amide bonds. The van der Waals surface area contributed by atoms with Crippen molar-refractivity contribution in [3.63, 3.8) is 0 Å². The molecule has 5 nitrogen and oxygen atoms in total. The Morgan fingerprint density at radius 2 is 2.54 bits per heavy atom. The highest BCUT2D eigenvalue weighted by Crippen LogP contribution is 2.12. The van der Waals surface area contributed by atoms with Crippen molar-refractivity contribution in [1.82, 2.24) is 5.01 Å². The van der Waals surface area contributed by atoms with Gasteiger partial charge in [0.15, 0.2) is 5.71 Å². The Balaban J connectivity index is 3.00. The van der Waals surface area contributed by atoms with E-state index in [1.54, 1.807) is 13.0 Å². The van der Waals surface area contributed by atoms with Gasteiger partial charge in [0.1, 0.15) is 5.82 Å². The molecule has 0 aromatic carbocycles. The third-order valence-corrected chi connectivity index (χ3v) is 1.47. The van der Waals surface area contributed by atoms with Crippen LogP contribution >= 0.6 is 0 Å². The van der Waals surface area contributed by atoms with E-state index >= 15 is 0 Å². The molecule has 0 fully saturated rings. The molecule has 0 radical (unpaired) electrons. The molecule has 1 N–H and O–H groups in total. The molecule has 0 saturated heterocycles. The van der Waals surface area contributed by atoms with Gasteiger partial charge in [-0.1, -0.05) is 0 Å². The Labute approximate surface area is 75.4 Å². The van der Waals surface area contributed by atoms with Gasteiger partial charge in [0.05, 0.1) is 0 Å². The average Bonchev–Trinajstić information content (AvgIpc) is 2.16. The van der Waals surface area contributed by atoms with Crippen LogP contribution in [0.15, 0.2) is 34.3 Å². The summed E-state index contributed by atoms with van der Waals surface area (Å²) in [5.41, 5.74) is -0.00648. The zero-order valence-corrected chi connectivity index (χ0v) is 7.14. The highest BCUT2D eigenvalue weighted by atomic mass is 16.4. The summed E-state index contributed by atoms with van der Waals surface area (Å²) in [6.07, 6.45) is 4.52. The summed E-state index contributed by atoms with van der Waals surface area (Å²) >= 11 is 0. The number of carboxylic acid groups (broad SMARTS) is 1. The standard InChI is InChI=1S/C8H9N3O2/c1-3-7-10-6(8(12)13)4-5-11(7)9-2/h3-5H,2H2,1H3,(H,12,13)/b7-3-. The smallest absolute Gasteiger partial charge is 0.354 e. The highest BCUT2D eigenvalue weighted by Gasteiger charge is 2.14. The van der Waals surface area contributed by atoms with Gasteiger partial charge < -0.3 is 5.11 Å². The predicted octanol–water partition coefficient (Wildman–Crippen LogP) is 0.818. The summed E-state index contributed by atoms with van der Waals surface area (Å²) in [6.45, 7) is 5.07. The van der Waals surface area contributed by atoms with E-state index < -0.39 is 5.97 Å². The first-order chi connectivity index (χ1) is 6.19. The van der Waals surface area contributed by atoms with Crippen LogP contribution in [0.2, 0.25) is 0 Å². The molecule has 0 unspecified atom stereocenters. The van der Waals surface area contributed by atoms with E-state index in [9.17, 15) is 4.79 Å². The van der Waals surface area contributed by atoms with E-state index in [-0.39, 0.29) is 5.71 Å². The number of hydrazone groups is 1. The Bertz CT molecular complexity index is 328. The number of rotatable bonds is 2. The van der Waals surface area contributed by atoms with Crippen LogP contribution in [0.5, 0.6) is 0 Å². The van der Waals surface area contributed by atoms with Crippen molar-refractivity contribution in [2.45, 2.75) is 6.92 Å². The maximum absolute atomic E-state index is 10.5. The first kappa shape index (κ1) is 9.18. The molecular formula is C8H9N3O2. The van der Waals surface area contributed by atoms with Crippen LogP contribution in [-0.4, -0.2) is 28.5 Å². The number of allylic oxidation sites excluding steroid dienone is 1. The third-order valence-electron chi connectivity index (χ3n) is 1.47. The minimum Gasteiger partial charge on any atom is -0.477 e. The maximum atomic E-state index is 10.5. The number of aliphatic carboxylic acids is 1. The largest absolute Gasteiger partial charge is 0.477 e. The summed E-state index contributed by atoms with van der Waals surface area (Å²) in [6, 6.07) is 0. The predicted molar refractivity (Wildman–Crippen MR) is 49.4 cm³/mol. The SMILES string of the molecule is C=NN1C=CC(C(=O)O)=N/C1=C/C. The second-order valence-electron chi connectivity index (χ2n) is 2.25. The summed E-state index contributed by atoms with van der Waals surface area (Å²) in [5.74, 6) is -0.603. The summed E-state index contributed by atoms with van der Waals surface area (Å²) in [5, 5.41) is 13.7. The molecule has 1 rings (SSSR count). The lowest BCUT2D eigenvalue weighted by Gasteiger charge is -2.16. The fourth-order valence-electron chi connectivity index (χ4n) is 0.865. The number of hydrogen-bond acceptors (Lipinski definition) is 4. The monoisotopic (exact) mass is 179 g/mol. The van der Waals surface area contributed by atoms with Gasteiger partial charge in [0.2, 0.25) is 0 Å². The molecule has 0 aromatic rings. The lowest BCUT2D eigenvalue weighted by molar-refractivity contribution is -0.129. The molecule has 0 atom stereocenters. The third kappa shape index (κ3) is 1.81. The van der Waals surface area contributed by atoms with Crippen LogP contribution < -0.4 is 0 Å². The van der Waals surface area contributed by atoms with Gasteiger partial charge in [-0.25, -0.2) is 14.8 Å². The fraction of sp³-hybridized carbons (Fsp3) is 0.125. The normalized spacial score (nSPS) is 18.7. The zero-order valence-electron chi connectivity index (χ0n) is 7.14. The Morgan fingerprint density at radius 1 is 1.85 bits per heavy atom. The van der Waals surface area contributed by atoms with Crippen molar-refractivity contribution in [1.29, 1.82) is 0 Å². The molecular weight excluding hydrogens is 170 g/mol. The number of aliphatic imine (C=N–C) groups is 1. The van der Waals surface area contributed by atoms with Crippen molar-refractivity contribution in [3.8, 4) is 0 Å². The van der Waals surface area contributed by atoms with E-state index in [4.69, 9.17) is 5.11 Å². The van der Waals surface area contributed by atoms with Crippen LogP contribution in [0.25, 0.3) is 0 Å². The summed E-state index contributed by atoms with van der Waals surface area (Å²) < 4.78 is 0. The Morgan fingerprint density at radius 3 is 3.00 bits per heavy atom. The minimum atomic E-state index is -1.06. The van der Waals surface area contributed by atoms with Gasteiger partial charge >= 0.3 is 5.97 Å². The Hall–Kier alpha value is -1.91. The van der Waals surface area contributed by atoms with Crippen LogP contribution in [0, 0.1) is 0 Å². The Kier molecular flexibility index (Phi) is 2.59. The summed E-state index contributed by atoms with van der Waals surface area (Å²) in [7, 11) is 0. The van der Waals surface area contributed by atoms with E-state index in [0.717, 1.165) is 0 Å². The average molecular weight is 179 g/mol. The molecule has 0 bridgehead atoms. The van der Waals surface area contributed by atoms with Gasteiger partial charge in [-0.3, -0.25) is 0 Å². The van der Waals surface area contributed by atoms with Gasteiger partial charge in [-0.05, 0) is 19.1 Å².